The van der Waals surface area contributed by atoms with Crippen molar-refractivity contribution in [3.8, 4) is 0 Å². The zero-order valence-electron chi connectivity index (χ0n) is 20.5. The van der Waals surface area contributed by atoms with E-state index in [2.05, 4.69) is 32.4 Å². The standard InChI is InChI=1S/C26H33N7O2S/c1-19-9-14-32(15-10-19)12-4-13-33(26(35)31-25-28-11-16-36-25)18-20-7-8-23(29-17-20)24(34)30-22-6-3-2-5-21(22)27/h2-3,5-8,11,16-17,19H,4,9-10,12-15,18,27H2,1H3,(H,30,34)(H,28,31,35). The summed E-state index contributed by atoms with van der Waals surface area (Å²) in [5.41, 5.74) is 8.06. The monoisotopic (exact) mass is 507 g/mol. The van der Waals surface area contributed by atoms with Crippen LogP contribution in [-0.4, -0.2) is 57.9 Å². The van der Waals surface area contributed by atoms with Gasteiger partial charge in [-0.3, -0.25) is 15.1 Å². The molecule has 4 rings (SSSR count). The van der Waals surface area contributed by atoms with E-state index in [-0.39, 0.29) is 17.6 Å². The average molecular weight is 508 g/mol. The molecule has 1 aliphatic heterocycles. The van der Waals surface area contributed by atoms with Gasteiger partial charge in [-0.2, -0.15) is 0 Å². The fraction of sp³-hybridized carbons (Fsp3) is 0.385. The van der Waals surface area contributed by atoms with Gasteiger partial charge in [-0.25, -0.2) is 9.78 Å². The average Bonchev–Trinajstić information content (AvgIpc) is 3.39. The Kier molecular flexibility index (Phi) is 8.85. The Bertz CT molecular complexity index is 1130. The number of para-hydroxylation sites is 2. The molecule has 1 saturated heterocycles. The number of urea groups is 1. The van der Waals surface area contributed by atoms with E-state index >= 15 is 0 Å². The minimum absolute atomic E-state index is 0.196. The molecule has 1 aliphatic rings. The van der Waals surface area contributed by atoms with Crippen LogP contribution in [0.5, 0.6) is 0 Å². The van der Waals surface area contributed by atoms with Gasteiger partial charge in [0.25, 0.3) is 5.91 Å². The minimum Gasteiger partial charge on any atom is -0.397 e. The predicted octanol–water partition coefficient (Wildman–Crippen LogP) is 4.53. The third kappa shape index (κ3) is 7.25. The van der Waals surface area contributed by atoms with Crippen molar-refractivity contribution < 1.29 is 9.59 Å². The van der Waals surface area contributed by atoms with E-state index in [0.717, 1.165) is 37.5 Å². The highest BCUT2D eigenvalue weighted by atomic mass is 32.1. The van der Waals surface area contributed by atoms with Crippen molar-refractivity contribution in [3.63, 3.8) is 0 Å². The molecule has 3 amide bonds. The summed E-state index contributed by atoms with van der Waals surface area (Å²) in [5, 5.41) is 8.06. The summed E-state index contributed by atoms with van der Waals surface area (Å²) in [6.07, 6.45) is 6.65. The predicted molar refractivity (Wildman–Crippen MR) is 144 cm³/mol. The highest BCUT2D eigenvalue weighted by molar-refractivity contribution is 7.13. The van der Waals surface area contributed by atoms with Crippen LogP contribution in [-0.2, 0) is 6.54 Å². The molecule has 0 atom stereocenters. The molecule has 3 aromatic rings. The number of likely N-dealkylation sites (tertiary alicyclic amines) is 1. The van der Waals surface area contributed by atoms with Gasteiger partial charge >= 0.3 is 6.03 Å². The number of nitrogens with one attached hydrogen (secondary N) is 2. The number of carbonyl (C=O) groups is 2. The van der Waals surface area contributed by atoms with Crippen LogP contribution in [0.1, 0.15) is 42.2 Å². The van der Waals surface area contributed by atoms with E-state index in [1.54, 1.807) is 47.6 Å². The molecule has 1 aromatic carbocycles. The normalized spacial score (nSPS) is 14.4. The lowest BCUT2D eigenvalue weighted by atomic mass is 9.99. The number of rotatable bonds is 9. The van der Waals surface area contributed by atoms with Gasteiger partial charge in [-0.15, -0.1) is 11.3 Å². The first-order chi connectivity index (χ1) is 17.5. The lowest BCUT2D eigenvalue weighted by Crippen LogP contribution is -2.38. The fourth-order valence-corrected chi connectivity index (χ4v) is 4.67. The largest absolute Gasteiger partial charge is 0.397 e. The van der Waals surface area contributed by atoms with Gasteiger partial charge in [0.2, 0.25) is 0 Å². The van der Waals surface area contributed by atoms with Crippen LogP contribution < -0.4 is 16.4 Å². The Morgan fingerprint density at radius 2 is 1.94 bits per heavy atom. The second kappa shape index (κ2) is 12.5. The van der Waals surface area contributed by atoms with Crippen molar-refractivity contribution in [1.82, 2.24) is 19.8 Å². The molecule has 2 aromatic heterocycles. The van der Waals surface area contributed by atoms with Crippen LogP contribution in [0.25, 0.3) is 0 Å². The summed E-state index contributed by atoms with van der Waals surface area (Å²) >= 11 is 1.38. The zero-order chi connectivity index (χ0) is 25.3. The number of pyridine rings is 1. The lowest BCUT2D eigenvalue weighted by Gasteiger charge is -2.31. The summed E-state index contributed by atoms with van der Waals surface area (Å²) in [4.78, 5) is 38.3. The van der Waals surface area contributed by atoms with Gasteiger partial charge in [0, 0.05) is 30.9 Å². The molecular formula is C26H33N7O2S. The molecule has 190 valence electrons. The Morgan fingerprint density at radius 1 is 1.14 bits per heavy atom. The molecule has 36 heavy (non-hydrogen) atoms. The summed E-state index contributed by atoms with van der Waals surface area (Å²) in [5.74, 6) is 0.457. The van der Waals surface area contributed by atoms with E-state index in [1.807, 2.05) is 11.4 Å². The van der Waals surface area contributed by atoms with Gasteiger partial charge in [-0.1, -0.05) is 25.1 Å². The van der Waals surface area contributed by atoms with Crippen molar-refractivity contribution >= 4 is 39.8 Å². The first kappa shape index (κ1) is 25.6. The number of nitrogen functional groups attached to an aromatic ring is 1. The lowest BCUT2D eigenvalue weighted by molar-refractivity contribution is 0.102. The molecule has 10 heteroatoms. The number of nitrogens with two attached hydrogens (primary N) is 1. The van der Waals surface area contributed by atoms with Crippen molar-refractivity contribution in [2.75, 3.05) is 42.5 Å². The summed E-state index contributed by atoms with van der Waals surface area (Å²) in [6, 6.07) is 10.4. The molecule has 0 bridgehead atoms. The molecule has 4 N–H and O–H groups in total. The topological polar surface area (TPSA) is 116 Å². The minimum atomic E-state index is -0.339. The fourth-order valence-electron chi connectivity index (χ4n) is 4.15. The number of aromatic nitrogens is 2. The first-order valence-electron chi connectivity index (χ1n) is 12.3. The summed E-state index contributed by atoms with van der Waals surface area (Å²) < 4.78 is 0. The summed E-state index contributed by atoms with van der Waals surface area (Å²) in [6.45, 7) is 6.51. The molecule has 0 unspecified atom stereocenters. The third-order valence-corrected chi connectivity index (χ3v) is 7.04. The highest BCUT2D eigenvalue weighted by Gasteiger charge is 2.19. The Morgan fingerprint density at radius 3 is 2.64 bits per heavy atom. The van der Waals surface area contributed by atoms with E-state index in [1.165, 1.54) is 24.2 Å². The number of anilines is 3. The molecule has 0 saturated carbocycles. The number of hydrogen-bond donors (Lipinski definition) is 3. The van der Waals surface area contributed by atoms with E-state index < -0.39 is 0 Å². The van der Waals surface area contributed by atoms with Crippen LogP contribution in [0.3, 0.4) is 0 Å². The molecule has 1 fully saturated rings. The number of thiazole rings is 1. The smallest absolute Gasteiger partial charge is 0.323 e. The Hall–Kier alpha value is -3.50. The molecule has 3 heterocycles. The number of piperidine rings is 1. The van der Waals surface area contributed by atoms with Gasteiger partial charge < -0.3 is 20.9 Å². The Labute approximate surface area is 215 Å². The zero-order valence-corrected chi connectivity index (χ0v) is 21.3. The number of amides is 3. The van der Waals surface area contributed by atoms with Crippen LogP contribution in [0.4, 0.5) is 21.3 Å². The van der Waals surface area contributed by atoms with Gasteiger partial charge in [0.1, 0.15) is 5.69 Å². The molecule has 0 spiro atoms. The number of hydrogen-bond acceptors (Lipinski definition) is 7. The first-order valence-corrected chi connectivity index (χ1v) is 13.1. The third-order valence-electron chi connectivity index (χ3n) is 6.35. The van der Waals surface area contributed by atoms with Crippen molar-refractivity contribution in [3.05, 3.63) is 65.4 Å². The highest BCUT2D eigenvalue weighted by Crippen LogP contribution is 2.19. The maximum Gasteiger partial charge on any atom is 0.323 e. The van der Waals surface area contributed by atoms with Crippen LogP contribution in [0, 0.1) is 5.92 Å². The van der Waals surface area contributed by atoms with Crippen molar-refractivity contribution in [2.45, 2.75) is 32.7 Å². The van der Waals surface area contributed by atoms with Gasteiger partial charge in [-0.05, 0) is 68.6 Å². The summed E-state index contributed by atoms with van der Waals surface area (Å²) in [7, 11) is 0. The molecule has 0 radical (unpaired) electrons. The van der Waals surface area contributed by atoms with E-state index in [9.17, 15) is 9.59 Å². The maximum absolute atomic E-state index is 13.0. The Balaban J connectivity index is 1.36. The van der Waals surface area contributed by atoms with Gasteiger partial charge in [0.15, 0.2) is 5.13 Å². The molecule has 0 aliphatic carbocycles. The second-order valence-electron chi connectivity index (χ2n) is 9.16. The van der Waals surface area contributed by atoms with Gasteiger partial charge in [0.05, 0.1) is 11.4 Å². The SMILES string of the molecule is CC1CCN(CCCN(Cc2ccc(C(=O)Nc3ccccc3N)nc2)C(=O)Nc2nccs2)CC1. The molecule has 9 nitrogen and oxygen atoms in total. The second-order valence-corrected chi connectivity index (χ2v) is 10.1. The number of carbonyl (C=O) groups excluding carboxylic acids is 2. The van der Waals surface area contributed by atoms with E-state index in [0.29, 0.717) is 29.6 Å². The number of benzene rings is 1. The number of nitrogens with zero attached hydrogens (tertiary/aromatic N) is 4. The quantitative estimate of drug-likeness (QED) is 0.367. The van der Waals surface area contributed by atoms with Crippen molar-refractivity contribution in [2.24, 2.45) is 5.92 Å². The maximum atomic E-state index is 13.0. The van der Waals surface area contributed by atoms with E-state index in [4.69, 9.17) is 5.73 Å². The van der Waals surface area contributed by atoms with Crippen LogP contribution >= 0.6 is 11.3 Å². The molecular weight excluding hydrogens is 474 g/mol. The van der Waals surface area contributed by atoms with Crippen LogP contribution in [0.2, 0.25) is 0 Å². The van der Waals surface area contributed by atoms with Crippen molar-refractivity contribution in [1.29, 1.82) is 0 Å². The van der Waals surface area contributed by atoms with Crippen LogP contribution in [0.15, 0.2) is 54.2 Å².